The number of carbonyl (C=O) groups is 1. The number of amides is 1. The monoisotopic (exact) mass is 127 g/mol. The van der Waals surface area contributed by atoms with Gasteiger partial charge in [-0.3, -0.25) is 4.79 Å². The fourth-order valence-electron chi connectivity index (χ4n) is 0.388. The third kappa shape index (κ3) is 1.06. The van der Waals surface area contributed by atoms with E-state index in [0.29, 0.717) is 12.2 Å². The van der Waals surface area contributed by atoms with Crippen molar-refractivity contribution in [1.29, 1.82) is 0 Å². The molecule has 0 aliphatic carbocycles. The number of nitrogens with two attached hydrogens (primary N) is 1. The Kier molecular flexibility index (Phi) is 1.46. The van der Waals surface area contributed by atoms with E-state index in [2.05, 4.69) is 9.40 Å². The van der Waals surface area contributed by atoms with Crippen molar-refractivity contribution in [3.8, 4) is 0 Å². The number of hydrogen-bond acceptors (Lipinski definition) is 4. The van der Waals surface area contributed by atoms with Gasteiger partial charge in [0.1, 0.15) is 6.26 Å². The summed E-state index contributed by atoms with van der Waals surface area (Å²) >= 11 is 0. The number of rotatable bonds is 2. The number of anilines is 1. The van der Waals surface area contributed by atoms with Crippen molar-refractivity contribution in [2.45, 2.75) is 0 Å². The van der Waals surface area contributed by atoms with Crippen LogP contribution >= 0.6 is 0 Å². The maximum atomic E-state index is 9.92. The lowest BCUT2D eigenvalue weighted by atomic mass is 10.7. The summed E-state index contributed by atoms with van der Waals surface area (Å²) in [6.45, 7) is 0. The SMILES string of the molecule is NN(C=O)c1cocn1. The maximum Gasteiger partial charge on any atom is 0.229 e. The molecule has 1 heterocycles. The Morgan fingerprint density at radius 2 is 2.67 bits per heavy atom. The van der Waals surface area contributed by atoms with Gasteiger partial charge < -0.3 is 4.42 Å². The molecule has 0 fully saturated rings. The first kappa shape index (κ1) is 5.77. The number of aromatic nitrogens is 1. The molecule has 0 aliphatic heterocycles. The fraction of sp³-hybridized carbons (Fsp3) is 0. The van der Waals surface area contributed by atoms with Crippen LogP contribution in [0, 0.1) is 0 Å². The maximum absolute atomic E-state index is 9.92. The molecule has 0 saturated carbocycles. The number of carbonyl (C=O) groups excluding carboxylic acids is 1. The van der Waals surface area contributed by atoms with Crippen LogP contribution in [0.2, 0.25) is 0 Å². The molecule has 48 valence electrons. The first-order chi connectivity index (χ1) is 4.34. The third-order valence-electron chi connectivity index (χ3n) is 0.797. The molecule has 1 aromatic rings. The highest BCUT2D eigenvalue weighted by Crippen LogP contribution is 2.01. The van der Waals surface area contributed by atoms with Gasteiger partial charge in [0.25, 0.3) is 0 Å². The summed E-state index contributed by atoms with van der Waals surface area (Å²) in [5.74, 6) is 5.38. The minimum atomic E-state index is 0.296. The zero-order valence-corrected chi connectivity index (χ0v) is 4.52. The first-order valence-electron chi connectivity index (χ1n) is 2.22. The molecule has 0 radical (unpaired) electrons. The molecule has 1 aromatic heterocycles. The summed E-state index contributed by atoms with van der Waals surface area (Å²) in [4.78, 5) is 13.5. The summed E-state index contributed by atoms with van der Waals surface area (Å²) in [6.07, 6.45) is 2.91. The Labute approximate surface area is 51.0 Å². The van der Waals surface area contributed by atoms with Gasteiger partial charge in [-0.15, -0.1) is 0 Å². The van der Waals surface area contributed by atoms with Crippen LogP contribution in [0.15, 0.2) is 17.1 Å². The van der Waals surface area contributed by atoms with E-state index in [0.717, 1.165) is 5.01 Å². The number of hydrogen-bond donors (Lipinski definition) is 1. The zero-order valence-electron chi connectivity index (χ0n) is 4.52. The molecule has 0 saturated heterocycles. The van der Waals surface area contributed by atoms with E-state index in [1.54, 1.807) is 0 Å². The molecular weight excluding hydrogens is 122 g/mol. The van der Waals surface area contributed by atoms with Gasteiger partial charge in [-0.25, -0.2) is 10.9 Å². The summed E-state index contributed by atoms with van der Waals surface area (Å²) < 4.78 is 4.55. The average Bonchev–Trinajstić information content (AvgIpc) is 2.37. The van der Waals surface area contributed by atoms with Gasteiger partial charge in [0.2, 0.25) is 6.41 Å². The van der Waals surface area contributed by atoms with E-state index in [-0.39, 0.29) is 0 Å². The molecule has 0 unspecified atom stereocenters. The predicted octanol–water partition coefficient (Wildman–Crippen LogP) is -0.489. The second kappa shape index (κ2) is 2.27. The smallest absolute Gasteiger partial charge is 0.229 e. The molecule has 0 aliphatic rings. The van der Waals surface area contributed by atoms with Crippen LogP contribution in [0.4, 0.5) is 5.82 Å². The molecule has 9 heavy (non-hydrogen) atoms. The van der Waals surface area contributed by atoms with E-state index in [4.69, 9.17) is 5.84 Å². The highest BCUT2D eigenvalue weighted by atomic mass is 16.3. The van der Waals surface area contributed by atoms with Crippen LogP contribution in [0.5, 0.6) is 0 Å². The van der Waals surface area contributed by atoms with Crippen molar-refractivity contribution in [3.63, 3.8) is 0 Å². The predicted molar refractivity (Wildman–Crippen MR) is 29.2 cm³/mol. The minimum Gasteiger partial charge on any atom is -0.449 e. The standard InChI is InChI=1S/C4H5N3O2/c5-7(3-8)4-1-9-2-6-4/h1-3H,5H2. The molecule has 1 rings (SSSR count). The first-order valence-corrected chi connectivity index (χ1v) is 2.22. The summed E-state index contributed by atoms with van der Waals surface area (Å²) in [5, 5.41) is 0.823. The quantitative estimate of drug-likeness (QED) is 0.252. The number of nitrogens with zero attached hydrogens (tertiary/aromatic N) is 2. The van der Waals surface area contributed by atoms with Gasteiger partial charge in [-0.1, -0.05) is 0 Å². The van der Waals surface area contributed by atoms with Crippen LogP contribution in [-0.4, -0.2) is 11.4 Å². The van der Waals surface area contributed by atoms with Crippen molar-refractivity contribution >= 4 is 12.2 Å². The van der Waals surface area contributed by atoms with Crippen molar-refractivity contribution < 1.29 is 9.21 Å². The van der Waals surface area contributed by atoms with Crippen LogP contribution in [0.3, 0.4) is 0 Å². The zero-order chi connectivity index (χ0) is 6.69. The van der Waals surface area contributed by atoms with Gasteiger partial charge in [0.15, 0.2) is 12.2 Å². The Morgan fingerprint density at radius 1 is 1.89 bits per heavy atom. The number of oxazole rings is 1. The van der Waals surface area contributed by atoms with Crippen LogP contribution in [0.25, 0.3) is 0 Å². The average molecular weight is 127 g/mol. The van der Waals surface area contributed by atoms with Crippen LogP contribution in [0.1, 0.15) is 0 Å². The normalized spacial score (nSPS) is 9.00. The van der Waals surface area contributed by atoms with Crippen molar-refractivity contribution in [3.05, 3.63) is 12.7 Å². The minimum absolute atomic E-state index is 0.296. The Morgan fingerprint density at radius 3 is 3.11 bits per heavy atom. The Balaban J connectivity index is 2.76. The second-order valence-corrected chi connectivity index (χ2v) is 1.36. The highest BCUT2D eigenvalue weighted by Gasteiger charge is 1.99. The van der Waals surface area contributed by atoms with E-state index in [1.165, 1.54) is 12.7 Å². The molecule has 0 aromatic carbocycles. The number of hydrazine groups is 1. The van der Waals surface area contributed by atoms with Gasteiger partial charge in [-0.05, 0) is 0 Å². The summed E-state index contributed by atoms with van der Waals surface area (Å²) in [5.41, 5.74) is 0. The lowest BCUT2D eigenvalue weighted by Gasteiger charge is -2.01. The lowest BCUT2D eigenvalue weighted by Crippen LogP contribution is -2.28. The van der Waals surface area contributed by atoms with Gasteiger partial charge in [0, 0.05) is 0 Å². The third-order valence-corrected chi connectivity index (χ3v) is 0.797. The van der Waals surface area contributed by atoms with Crippen molar-refractivity contribution in [1.82, 2.24) is 4.98 Å². The molecule has 2 N–H and O–H groups in total. The molecule has 0 atom stereocenters. The highest BCUT2D eigenvalue weighted by molar-refractivity contribution is 5.69. The lowest BCUT2D eigenvalue weighted by molar-refractivity contribution is -0.107. The van der Waals surface area contributed by atoms with E-state index >= 15 is 0 Å². The molecule has 5 nitrogen and oxygen atoms in total. The Hall–Kier alpha value is -1.36. The topological polar surface area (TPSA) is 72.4 Å². The van der Waals surface area contributed by atoms with Gasteiger partial charge >= 0.3 is 0 Å². The second-order valence-electron chi connectivity index (χ2n) is 1.36. The summed E-state index contributed by atoms with van der Waals surface area (Å²) in [7, 11) is 0. The fourth-order valence-corrected chi connectivity index (χ4v) is 0.388. The molecular formula is C4H5N3O2. The van der Waals surface area contributed by atoms with E-state index < -0.39 is 0 Å². The molecule has 0 spiro atoms. The van der Waals surface area contributed by atoms with E-state index in [9.17, 15) is 4.79 Å². The van der Waals surface area contributed by atoms with Gasteiger partial charge in [0.05, 0.1) is 0 Å². The van der Waals surface area contributed by atoms with Gasteiger partial charge in [-0.2, -0.15) is 4.98 Å². The molecule has 1 amide bonds. The van der Waals surface area contributed by atoms with Crippen molar-refractivity contribution in [2.75, 3.05) is 5.01 Å². The van der Waals surface area contributed by atoms with Crippen LogP contribution < -0.4 is 10.9 Å². The summed E-state index contributed by atoms with van der Waals surface area (Å²) in [6, 6.07) is 0. The largest absolute Gasteiger partial charge is 0.449 e. The van der Waals surface area contributed by atoms with E-state index in [1.807, 2.05) is 0 Å². The van der Waals surface area contributed by atoms with Crippen LogP contribution in [-0.2, 0) is 4.79 Å². The molecule has 5 heteroatoms. The Bertz CT molecular complexity index is 184. The van der Waals surface area contributed by atoms with Crippen molar-refractivity contribution in [2.24, 2.45) is 5.84 Å². The molecule has 0 bridgehead atoms.